The third-order valence-electron chi connectivity index (χ3n) is 5.61. The molecule has 0 fully saturated rings. The molecule has 2 aliphatic heterocycles. The van der Waals surface area contributed by atoms with Gasteiger partial charge in [0.2, 0.25) is 5.91 Å². The molecule has 4 rings (SSSR count). The van der Waals surface area contributed by atoms with E-state index in [1.165, 1.54) is 11.8 Å². The molecule has 2 aromatic rings. The number of thioether (sulfide) groups is 1. The second-order valence-electron chi connectivity index (χ2n) is 8.05. The Kier molecular flexibility index (Phi) is 7.48. The second kappa shape index (κ2) is 10.6. The number of allylic oxidation sites excluding steroid dienone is 1. The van der Waals surface area contributed by atoms with Gasteiger partial charge in [-0.2, -0.15) is 13.2 Å². The lowest BCUT2D eigenvalue weighted by atomic mass is 9.90. The lowest BCUT2D eigenvalue weighted by Crippen LogP contribution is -2.40. The van der Waals surface area contributed by atoms with E-state index in [-0.39, 0.29) is 30.6 Å². The number of pyridine rings is 1. The van der Waals surface area contributed by atoms with E-state index in [2.05, 4.69) is 15.3 Å². The van der Waals surface area contributed by atoms with E-state index < -0.39 is 29.5 Å². The van der Waals surface area contributed by atoms with Crippen LogP contribution in [0, 0.1) is 6.92 Å². The average Bonchev–Trinajstić information content (AvgIpc) is 3.24. The summed E-state index contributed by atoms with van der Waals surface area (Å²) >= 11 is 0.980. The largest absolute Gasteiger partial charge is 0.463 e. The number of aliphatic imine (C=N–C) groups is 1. The number of amides is 1. The molecule has 3 heterocycles. The Hall–Kier alpha value is -3.60. The molecule has 0 saturated carbocycles. The normalized spacial score (nSPS) is 17.4. The highest BCUT2D eigenvalue weighted by Gasteiger charge is 2.49. The molecule has 0 bridgehead atoms. The Morgan fingerprint density at radius 1 is 1.19 bits per heavy atom. The summed E-state index contributed by atoms with van der Waals surface area (Å²) in [6.45, 7) is 3.43. The standard InChI is InChI=1S/C25H23F3N4O3S/c1-3-35-23(34)20-21(18-9-5-4-7-15(18)2)32-17(14-36-24(32)31-22(20)25(26,27)28)11-19(33)30-13-16-8-6-10-29-12-16/h4-10,12,14,21H,3,11,13H2,1-2H3,(H,30,33). The molecular weight excluding hydrogens is 493 g/mol. The van der Waals surface area contributed by atoms with Crippen molar-refractivity contribution in [2.24, 2.45) is 4.99 Å². The van der Waals surface area contributed by atoms with Crippen molar-refractivity contribution in [3.8, 4) is 0 Å². The predicted octanol–water partition coefficient (Wildman–Crippen LogP) is 4.78. The number of esters is 1. The van der Waals surface area contributed by atoms with Gasteiger partial charge in [-0.15, -0.1) is 0 Å². The van der Waals surface area contributed by atoms with Crippen LogP contribution in [0.3, 0.4) is 0 Å². The van der Waals surface area contributed by atoms with Gasteiger partial charge in [0.25, 0.3) is 0 Å². The molecule has 0 spiro atoms. The number of carbonyl (C=O) groups excluding carboxylic acids is 2. The van der Waals surface area contributed by atoms with Crippen LogP contribution in [0.25, 0.3) is 0 Å². The minimum absolute atomic E-state index is 0.0404. The highest BCUT2D eigenvalue weighted by atomic mass is 32.2. The van der Waals surface area contributed by atoms with Gasteiger partial charge in [-0.3, -0.25) is 9.78 Å². The molecule has 0 radical (unpaired) electrons. The van der Waals surface area contributed by atoms with Crippen molar-refractivity contribution in [2.45, 2.75) is 39.0 Å². The maximum absolute atomic E-state index is 14.1. The van der Waals surface area contributed by atoms with Crippen molar-refractivity contribution in [2.75, 3.05) is 6.61 Å². The van der Waals surface area contributed by atoms with Crippen LogP contribution >= 0.6 is 11.8 Å². The van der Waals surface area contributed by atoms with E-state index >= 15 is 0 Å². The molecule has 1 atom stereocenters. The second-order valence-corrected chi connectivity index (χ2v) is 8.88. The number of hydrogen-bond donors (Lipinski definition) is 1. The Morgan fingerprint density at radius 2 is 1.97 bits per heavy atom. The number of hydrogen-bond acceptors (Lipinski definition) is 7. The van der Waals surface area contributed by atoms with Crippen molar-refractivity contribution in [3.05, 3.63) is 87.9 Å². The van der Waals surface area contributed by atoms with Gasteiger partial charge in [0.15, 0.2) is 10.9 Å². The molecule has 0 aliphatic carbocycles. The summed E-state index contributed by atoms with van der Waals surface area (Å²) in [6, 6.07) is 9.28. The van der Waals surface area contributed by atoms with Crippen LogP contribution in [-0.2, 0) is 20.9 Å². The summed E-state index contributed by atoms with van der Waals surface area (Å²) in [5.74, 6) is -1.43. The summed E-state index contributed by atoms with van der Waals surface area (Å²) < 4.78 is 47.4. The molecular formula is C25H23F3N4O3S. The van der Waals surface area contributed by atoms with Gasteiger partial charge in [-0.1, -0.05) is 42.1 Å². The van der Waals surface area contributed by atoms with E-state index in [0.29, 0.717) is 16.8 Å². The Bertz CT molecular complexity index is 1260. The number of alkyl halides is 3. The summed E-state index contributed by atoms with van der Waals surface area (Å²) in [6.07, 6.45) is -1.75. The van der Waals surface area contributed by atoms with Crippen LogP contribution in [0.4, 0.5) is 13.2 Å². The van der Waals surface area contributed by atoms with Crippen LogP contribution in [0.15, 0.2) is 76.2 Å². The smallest absolute Gasteiger partial charge is 0.434 e. The predicted molar refractivity (Wildman–Crippen MR) is 129 cm³/mol. The first kappa shape index (κ1) is 25.5. The molecule has 11 heteroatoms. The zero-order valence-electron chi connectivity index (χ0n) is 19.5. The molecule has 1 aromatic heterocycles. The summed E-state index contributed by atoms with van der Waals surface area (Å²) in [4.78, 5) is 35.1. The van der Waals surface area contributed by atoms with Crippen molar-refractivity contribution >= 4 is 28.8 Å². The van der Waals surface area contributed by atoms with E-state index in [1.807, 2.05) is 6.07 Å². The SMILES string of the molecule is CCOC(=O)C1=C(C(F)(F)F)N=C2SC=C(CC(=O)NCc3cccnc3)N2C1c1ccccc1C. The van der Waals surface area contributed by atoms with Crippen LogP contribution in [0.5, 0.6) is 0 Å². The number of aryl methyl sites for hydroxylation is 1. The summed E-state index contributed by atoms with van der Waals surface area (Å²) in [5.41, 5.74) is 0.512. The lowest BCUT2D eigenvalue weighted by molar-refractivity contribution is -0.140. The average molecular weight is 517 g/mol. The van der Waals surface area contributed by atoms with Crippen molar-refractivity contribution < 1.29 is 27.5 Å². The fraction of sp³-hybridized carbons (Fsp3) is 0.280. The van der Waals surface area contributed by atoms with Crippen LogP contribution in [-0.4, -0.2) is 39.7 Å². The van der Waals surface area contributed by atoms with Crippen molar-refractivity contribution in [1.29, 1.82) is 0 Å². The van der Waals surface area contributed by atoms with Crippen molar-refractivity contribution in [3.63, 3.8) is 0 Å². The number of amidine groups is 1. The van der Waals surface area contributed by atoms with Gasteiger partial charge < -0.3 is 15.0 Å². The summed E-state index contributed by atoms with van der Waals surface area (Å²) in [5, 5.41) is 4.43. The van der Waals surface area contributed by atoms with Gasteiger partial charge in [0.05, 0.1) is 24.6 Å². The number of aromatic nitrogens is 1. The van der Waals surface area contributed by atoms with Gasteiger partial charge in [-0.25, -0.2) is 9.79 Å². The Balaban J connectivity index is 1.71. The Morgan fingerprint density at radius 3 is 2.64 bits per heavy atom. The topological polar surface area (TPSA) is 83.9 Å². The fourth-order valence-electron chi connectivity index (χ4n) is 4.01. The quantitative estimate of drug-likeness (QED) is 0.534. The fourth-order valence-corrected chi connectivity index (χ4v) is 4.93. The molecule has 7 nitrogen and oxygen atoms in total. The molecule has 0 saturated heterocycles. The highest BCUT2D eigenvalue weighted by molar-refractivity contribution is 8.16. The van der Waals surface area contributed by atoms with Gasteiger partial charge in [0, 0.05) is 24.6 Å². The maximum Gasteiger partial charge on any atom is 0.434 e. The third kappa shape index (κ3) is 5.30. The lowest BCUT2D eigenvalue weighted by Gasteiger charge is -2.37. The molecule has 1 aromatic carbocycles. The molecule has 188 valence electrons. The molecule has 1 unspecified atom stereocenters. The van der Waals surface area contributed by atoms with Gasteiger partial charge in [0.1, 0.15) is 0 Å². The van der Waals surface area contributed by atoms with Crippen LogP contribution in [0.1, 0.15) is 36.1 Å². The van der Waals surface area contributed by atoms with Crippen molar-refractivity contribution in [1.82, 2.24) is 15.2 Å². The number of carbonyl (C=O) groups is 2. The minimum Gasteiger partial charge on any atom is -0.463 e. The number of fused-ring (bicyclic) bond motifs is 1. The highest BCUT2D eigenvalue weighted by Crippen LogP contribution is 2.48. The monoisotopic (exact) mass is 516 g/mol. The van der Waals surface area contributed by atoms with E-state index in [9.17, 15) is 22.8 Å². The first-order valence-corrected chi connectivity index (χ1v) is 12.0. The first-order chi connectivity index (χ1) is 17.2. The zero-order chi connectivity index (χ0) is 25.9. The number of ether oxygens (including phenoxy) is 1. The zero-order valence-corrected chi connectivity index (χ0v) is 20.3. The minimum atomic E-state index is -4.88. The Labute approximate surface area is 210 Å². The first-order valence-electron chi connectivity index (χ1n) is 11.1. The number of nitrogens with zero attached hydrogens (tertiary/aromatic N) is 3. The third-order valence-corrected chi connectivity index (χ3v) is 6.50. The van der Waals surface area contributed by atoms with Gasteiger partial charge >= 0.3 is 12.1 Å². The number of halogens is 3. The molecule has 2 aliphatic rings. The van der Waals surface area contributed by atoms with E-state index in [1.54, 1.807) is 55.1 Å². The van der Waals surface area contributed by atoms with E-state index in [0.717, 1.165) is 17.3 Å². The van der Waals surface area contributed by atoms with E-state index in [4.69, 9.17) is 4.74 Å². The maximum atomic E-state index is 14.1. The number of nitrogens with one attached hydrogen (secondary N) is 1. The molecule has 1 amide bonds. The van der Waals surface area contributed by atoms with Gasteiger partial charge in [-0.05, 0) is 42.0 Å². The summed E-state index contributed by atoms with van der Waals surface area (Å²) in [7, 11) is 0. The number of benzene rings is 1. The van der Waals surface area contributed by atoms with Crippen LogP contribution < -0.4 is 5.32 Å². The molecule has 36 heavy (non-hydrogen) atoms. The number of rotatable bonds is 7. The van der Waals surface area contributed by atoms with Crippen LogP contribution in [0.2, 0.25) is 0 Å². The molecule has 1 N–H and O–H groups in total.